The molecule has 1 aliphatic heterocycles. The van der Waals surface area contributed by atoms with Gasteiger partial charge < -0.3 is 9.47 Å². The average molecular weight is 306 g/mol. The third-order valence-electron chi connectivity index (χ3n) is 2.90. The molecule has 1 fully saturated rings. The summed E-state index contributed by atoms with van der Waals surface area (Å²) in [6, 6.07) is 6.32. The molecule has 1 heterocycles. The molecule has 0 aliphatic carbocycles. The first-order chi connectivity index (χ1) is 8.93. The van der Waals surface area contributed by atoms with Gasteiger partial charge in [0.1, 0.15) is 4.90 Å². The molecule has 106 valence electrons. The van der Waals surface area contributed by atoms with Gasteiger partial charge in [-0.25, -0.2) is 13.1 Å². The van der Waals surface area contributed by atoms with Crippen LogP contribution in [0.1, 0.15) is 13.3 Å². The molecule has 7 heteroatoms. The minimum Gasteiger partial charge on any atom is -0.348 e. The summed E-state index contributed by atoms with van der Waals surface area (Å²) >= 11 is 5.87. The Kier molecular flexibility index (Phi) is 4.47. The lowest BCUT2D eigenvalue weighted by molar-refractivity contribution is -0.145. The maximum atomic E-state index is 12.1. The molecular weight excluding hydrogens is 290 g/mol. The van der Waals surface area contributed by atoms with Crippen LogP contribution in [0.5, 0.6) is 0 Å². The van der Waals surface area contributed by atoms with E-state index in [-0.39, 0.29) is 16.5 Å². The van der Waals surface area contributed by atoms with Crippen LogP contribution < -0.4 is 4.72 Å². The number of hydrogen-bond donors (Lipinski definition) is 1. The molecule has 1 aliphatic rings. The molecular formula is C12H16ClNO4S. The van der Waals surface area contributed by atoms with Crippen LogP contribution in [0.4, 0.5) is 0 Å². The van der Waals surface area contributed by atoms with Crippen LogP contribution in [-0.4, -0.2) is 34.0 Å². The Morgan fingerprint density at radius 2 is 1.95 bits per heavy atom. The first kappa shape index (κ1) is 14.7. The second-order valence-corrected chi connectivity index (χ2v) is 6.55. The Morgan fingerprint density at radius 3 is 2.58 bits per heavy atom. The predicted octanol–water partition coefficient (Wildman–Crippen LogP) is 1.77. The van der Waals surface area contributed by atoms with E-state index < -0.39 is 15.8 Å². The lowest BCUT2D eigenvalue weighted by Crippen LogP contribution is -2.33. The van der Waals surface area contributed by atoms with Gasteiger partial charge in [-0.1, -0.05) is 23.7 Å². The number of rotatable bonds is 5. The molecule has 0 atom stereocenters. The van der Waals surface area contributed by atoms with E-state index in [9.17, 15) is 8.42 Å². The van der Waals surface area contributed by atoms with Crippen molar-refractivity contribution in [2.75, 3.05) is 19.8 Å². The fourth-order valence-electron chi connectivity index (χ4n) is 1.85. The minimum atomic E-state index is -3.60. The van der Waals surface area contributed by atoms with Gasteiger partial charge in [0.25, 0.3) is 0 Å². The number of benzene rings is 1. The highest BCUT2D eigenvalue weighted by atomic mass is 35.5. The number of sulfonamides is 1. The number of hydrogen-bond acceptors (Lipinski definition) is 4. The molecule has 0 spiro atoms. The molecule has 1 saturated heterocycles. The maximum absolute atomic E-state index is 12.1. The molecule has 0 saturated carbocycles. The van der Waals surface area contributed by atoms with Crippen molar-refractivity contribution in [2.45, 2.75) is 24.0 Å². The Hall–Kier alpha value is -0.660. The molecule has 1 aromatic carbocycles. The second-order valence-electron chi connectivity index (χ2n) is 4.41. The molecule has 0 amide bonds. The highest BCUT2D eigenvalue weighted by Crippen LogP contribution is 2.23. The third kappa shape index (κ3) is 3.67. The summed E-state index contributed by atoms with van der Waals surface area (Å²) in [5.74, 6) is -0.705. The van der Waals surface area contributed by atoms with Crippen LogP contribution >= 0.6 is 11.6 Å². The maximum Gasteiger partial charge on any atom is 0.242 e. The molecule has 0 aromatic heterocycles. The minimum absolute atomic E-state index is 0.0788. The van der Waals surface area contributed by atoms with Crippen LogP contribution in [0.2, 0.25) is 5.02 Å². The normalized spacial score (nSPS) is 18.6. The Bertz CT molecular complexity index is 540. The van der Waals surface area contributed by atoms with Gasteiger partial charge in [0.15, 0.2) is 5.79 Å². The Morgan fingerprint density at radius 1 is 1.32 bits per heavy atom. The molecule has 0 radical (unpaired) electrons. The fourth-order valence-corrected chi connectivity index (χ4v) is 3.40. The molecule has 1 aromatic rings. The fraction of sp³-hybridized carbons (Fsp3) is 0.500. The lowest BCUT2D eigenvalue weighted by Gasteiger charge is -2.22. The van der Waals surface area contributed by atoms with Gasteiger partial charge in [0.2, 0.25) is 10.0 Å². The number of ether oxygens (including phenoxy) is 2. The van der Waals surface area contributed by atoms with E-state index >= 15 is 0 Å². The van der Waals surface area contributed by atoms with Crippen molar-refractivity contribution in [1.82, 2.24) is 4.72 Å². The van der Waals surface area contributed by atoms with Crippen LogP contribution in [-0.2, 0) is 19.5 Å². The number of halogens is 1. The Labute approximate surface area is 117 Å². The number of nitrogens with one attached hydrogen (secondary N) is 1. The van der Waals surface area contributed by atoms with E-state index in [2.05, 4.69) is 4.72 Å². The summed E-state index contributed by atoms with van der Waals surface area (Å²) in [6.07, 6.45) is 0.441. The zero-order valence-electron chi connectivity index (χ0n) is 10.6. The van der Waals surface area contributed by atoms with Crippen LogP contribution in [0.15, 0.2) is 29.2 Å². The van der Waals surface area contributed by atoms with E-state index in [1.807, 2.05) is 0 Å². The zero-order chi connectivity index (χ0) is 13.9. The monoisotopic (exact) mass is 305 g/mol. The van der Waals surface area contributed by atoms with Gasteiger partial charge in [0.05, 0.1) is 18.2 Å². The van der Waals surface area contributed by atoms with Crippen LogP contribution in [0.3, 0.4) is 0 Å². The topological polar surface area (TPSA) is 64.6 Å². The SMILES string of the molecule is CC1(CCNS(=O)(=O)c2ccccc2Cl)OCCO1. The van der Waals surface area contributed by atoms with Crippen molar-refractivity contribution >= 4 is 21.6 Å². The molecule has 1 N–H and O–H groups in total. The van der Waals surface area contributed by atoms with Crippen LogP contribution in [0, 0.1) is 0 Å². The van der Waals surface area contributed by atoms with Gasteiger partial charge >= 0.3 is 0 Å². The summed E-state index contributed by atoms with van der Waals surface area (Å²) in [4.78, 5) is 0.0788. The molecule has 0 bridgehead atoms. The van der Waals surface area contributed by atoms with Crippen molar-refractivity contribution < 1.29 is 17.9 Å². The molecule has 19 heavy (non-hydrogen) atoms. The first-order valence-corrected chi connectivity index (χ1v) is 7.81. The molecule has 2 rings (SSSR count). The van der Waals surface area contributed by atoms with Crippen molar-refractivity contribution in [3.8, 4) is 0 Å². The summed E-state index contributed by atoms with van der Waals surface area (Å²) in [5, 5.41) is 0.203. The van der Waals surface area contributed by atoms with Crippen LogP contribution in [0.25, 0.3) is 0 Å². The van der Waals surface area contributed by atoms with E-state index in [1.165, 1.54) is 6.07 Å². The van der Waals surface area contributed by atoms with E-state index in [0.717, 1.165) is 0 Å². The van der Waals surface area contributed by atoms with Gasteiger partial charge in [-0.2, -0.15) is 0 Å². The van der Waals surface area contributed by atoms with E-state index in [1.54, 1.807) is 25.1 Å². The standard InChI is InChI=1S/C12H16ClNO4S/c1-12(17-8-9-18-12)6-7-14-19(15,16)11-5-3-2-4-10(11)13/h2-5,14H,6-9H2,1H3. The summed E-state index contributed by atoms with van der Waals surface area (Å²) < 4.78 is 37.4. The highest BCUT2D eigenvalue weighted by molar-refractivity contribution is 7.89. The molecule has 5 nitrogen and oxygen atoms in total. The molecule has 0 unspecified atom stereocenters. The van der Waals surface area contributed by atoms with Crippen molar-refractivity contribution in [3.05, 3.63) is 29.3 Å². The second kappa shape index (κ2) is 5.76. The largest absolute Gasteiger partial charge is 0.348 e. The summed E-state index contributed by atoms with van der Waals surface area (Å²) in [5.41, 5.74) is 0. The Balaban J connectivity index is 1.97. The van der Waals surface area contributed by atoms with Gasteiger partial charge in [-0.05, 0) is 19.1 Å². The van der Waals surface area contributed by atoms with Gasteiger partial charge in [0, 0.05) is 13.0 Å². The smallest absolute Gasteiger partial charge is 0.242 e. The lowest BCUT2D eigenvalue weighted by atomic mass is 10.2. The van der Waals surface area contributed by atoms with Crippen molar-refractivity contribution in [3.63, 3.8) is 0 Å². The quantitative estimate of drug-likeness (QED) is 0.900. The summed E-state index contributed by atoms with van der Waals surface area (Å²) in [6.45, 7) is 3.09. The third-order valence-corrected chi connectivity index (χ3v) is 4.86. The highest BCUT2D eigenvalue weighted by Gasteiger charge is 2.31. The zero-order valence-corrected chi connectivity index (χ0v) is 12.1. The van der Waals surface area contributed by atoms with Crippen molar-refractivity contribution in [1.29, 1.82) is 0 Å². The average Bonchev–Trinajstić information content (AvgIpc) is 2.76. The van der Waals surface area contributed by atoms with E-state index in [4.69, 9.17) is 21.1 Å². The first-order valence-electron chi connectivity index (χ1n) is 5.95. The van der Waals surface area contributed by atoms with Crippen molar-refractivity contribution in [2.24, 2.45) is 0 Å². The van der Waals surface area contributed by atoms with Gasteiger partial charge in [-0.15, -0.1) is 0 Å². The predicted molar refractivity (Wildman–Crippen MR) is 71.6 cm³/mol. The summed E-state index contributed by atoms with van der Waals surface area (Å²) in [7, 11) is -3.60. The van der Waals surface area contributed by atoms with Gasteiger partial charge in [-0.3, -0.25) is 0 Å². The van der Waals surface area contributed by atoms with E-state index in [0.29, 0.717) is 19.6 Å².